The minimum atomic E-state index is -0.762. The van der Waals surface area contributed by atoms with Crippen LogP contribution in [0.25, 0.3) is 0 Å². The first-order chi connectivity index (χ1) is 32.2. The van der Waals surface area contributed by atoms with E-state index in [0.717, 1.165) is 69.6 Å². The zero-order valence-electron chi connectivity index (χ0n) is 45.3. The summed E-state index contributed by atoms with van der Waals surface area (Å²) in [5.74, 6) is 0.865. The summed E-state index contributed by atoms with van der Waals surface area (Å²) in [4.78, 5) is 38.1. The Kier molecular flexibility index (Phi) is 51.5. The molecule has 0 rings (SSSR count). The van der Waals surface area contributed by atoms with E-state index in [1.54, 1.807) is 0 Å². The second-order valence-electron chi connectivity index (χ2n) is 21.6. The van der Waals surface area contributed by atoms with Gasteiger partial charge in [0, 0.05) is 19.3 Å². The molecule has 0 aromatic rings. The molecule has 0 radical (unpaired) electrons. The van der Waals surface area contributed by atoms with Gasteiger partial charge in [0.25, 0.3) is 0 Å². The summed E-state index contributed by atoms with van der Waals surface area (Å²) in [5.41, 5.74) is 0. The van der Waals surface area contributed by atoms with E-state index in [9.17, 15) is 14.4 Å². The van der Waals surface area contributed by atoms with Crippen LogP contribution in [-0.2, 0) is 28.6 Å². The summed E-state index contributed by atoms with van der Waals surface area (Å²) in [7, 11) is 0. The number of hydrogen-bond acceptors (Lipinski definition) is 6. The molecule has 0 aromatic heterocycles. The van der Waals surface area contributed by atoms with E-state index in [-0.39, 0.29) is 31.1 Å². The molecule has 1 atom stereocenters. The van der Waals surface area contributed by atoms with Crippen LogP contribution in [0.4, 0.5) is 0 Å². The lowest BCUT2D eigenvalue weighted by Gasteiger charge is -2.18. The predicted octanol–water partition coefficient (Wildman–Crippen LogP) is 19.7. The molecule has 0 aromatic carbocycles. The van der Waals surface area contributed by atoms with E-state index in [1.807, 2.05) is 0 Å². The van der Waals surface area contributed by atoms with Crippen LogP contribution in [0.3, 0.4) is 0 Å². The number of hydrogen-bond donors (Lipinski definition) is 0. The molecule has 0 saturated heterocycles. The summed E-state index contributed by atoms with van der Waals surface area (Å²) >= 11 is 0. The molecule has 0 aliphatic heterocycles. The van der Waals surface area contributed by atoms with Gasteiger partial charge in [0.05, 0.1) is 0 Å². The van der Waals surface area contributed by atoms with Gasteiger partial charge in [0.1, 0.15) is 13.2 Å². The zero-order valence-corrected chi connectivity index (χ0v) is 45.3. The fourth-order valence-electron chi connectivity index (χ4n) is 9.23. The summed E-state index contributed by atoms with van der Waals surface area (Å²) in [5, 5.41) is 0. The van der Waals surface area contributed by atoms with E-state index < -0.39 is 6.10 Å². The fraction of sp³-hybridized carbons (Fsp3) is 0.950. The molecule has 0 spiro atoms. The summed E-state index contributed by atoms with van der Waals surface area (Å²) < 4.78 is 16.9. The second-order valence-corrected chi connectivity index (χ2v) is 21.6. The SMILES string of the molecule is CCCCCCCCCCCCC(=O)O[C@@H](COC(=O)CCCCCCCCCCCCCCCCCCCCC(C)C)COC(=O)CCCCCCCCCCCCCCCCC(C)C. The lowest BCUT2D eigenvalue weighted by atomic mass is 10.0. The molecule has 0 heterocycles. The van der Waals surface area contributed by atoms with Crippen LogP contribution >= 0.6 is 0 Å². The molecule has 0 aliphatic rings. The van der Waals surface area contributed by atoms with Crippen molar-refractivity contribution < 1.29 is 28.6 Å². The van der Waals surface area contributed by atoms with Gasteiger partial charge >= 0.3 is 17.9 Å². The zero-order chi connectivity index (χ0) is 48.2. The third-order valence-corrected chi connectivity index (χ3v) is 13.7. The van der Waals surface area contributed by atoms with Crippen molar-refractivity contribution in [1.82, 2.24) is 0 Å². The standard InChI is InChI=1S/C60H116O6/c1-6-7-8-9-10-11-30-37-42-47-52-60(63)66-57(54-65-59(62)51-46-41-36-32-27-23-19-18-21-25-29-34-39-44-49-56(4)5)53-64-58(61)50-45-40-35-31-26-22-17-15-13-12-14-16-20-24-28-33-38-43-48-55(2)3/h55-57H,6-54H2,1-5H3/t57-/m0/s1. The summed E-state index contributed by atoms with van der Waals surface area (Å²) in [6.45, 7) is 11.4. The molecular formula is C60H116O6. The Morgan fingerprint density at radius 3 is 0.742 bits per heavy atom. The highest BCUT2D eigenvalue weighted by molar-refractivity contribution is 5.71. The largest absolute Gasteiger partial charge is 0.462 e. The Balaban J connectivity index is 4.18. The first kappa shape index (κ1) is 64.4. The molecule has 0 saturated carbocycles. The third-order valence-electron chi connectivity index (χ3n) is 13.7. The number of carbonyl (C=O) groups is 3. The van der Waals surface area contributed by atoms with E-state index in [0.29, 0.717) is 19.3 Å². The highest BCUT2D eigenvalue weighted by atomic mass is 16.6. The van der Waals surface area contributed by atoms with Crippen molar-refractivity contribution in [3.8, 4) is 0 Å². The maximum absolute atomic E-state index is 12.8. The van der Waals surface area contributed by atoms with Gasteiger partial charge in [-0.2, -0.15) is 0 Å². The van der Waals surface area contributed by atoms with Crippen molar-refractivity contribution in [1.29, 1.82) is 0 Å². The molecule has 0 fully saturated rings. The van der Waals surface area contributed by atoms with Crippen LogP contribution in [0.2, 0.25) is 0 Å². The average molecular weight is 934 g/mol. The molecule has 0 aliphatic carbocycles. The van der Waals surface area contributed by atoms with Gasteiger partial charge in [-0.15, -0.1) is 0 Å². The predicted molar refractivity (Wildman–Crippen MR) is 284 cm³/mol. The smallest absolute Gasteiger partial charge is 0.306 e. The lowest BCUT2D eigenvalue weighted by molar-refractivity contribution is -0.167. The van der Waals surface area contributed by atoms with Crippen molar-refractivity contribution in [2.75, 3.05) is 13.2 Å². The molecule has 66 heavy (non-hydrogen) atoms. The van der Waals surface area contributed by atoms with Crippen LogP contribution in [0, 0.1) is 11.8 Å². The second kappa shape index (κ2) is 52.8. The van der Waals surface area contributed by atoms with Gasteiger partial charge in [-0.3, -0.25) is 14.4 Å². The van der Waals surface area contributed by atoms with Crippen molar-refractivity contribution in [3.63, 3.8) is 0 Å². The van der Waals surface area contributed by atoms with Crippen LogP contribution in [-0.4, -0.2) is 37.2 Å². The molecule has 0 bridgehead atoms. The van der Waals surface area contributed by atoms with Crippen LogP contribution < -0.4 is 0 Å². The highest BCUT2D eigenvalue weighted by Crippen LogP contribution is 2.18. The third kappa shape index (κ3) is 53.4. The molecule has 392 valence electrons. The number of carbonyl (C=O) groups excluding carboxylic acids is 3. The van der Waals surface area contributed by atoms with Crippen molar-refractivity contribution in [2.45, 2.75) is 343 Å². The van der Waals surface area contributed by atoms with E-state index in [1.165, 1.54) is 225 Å². The van der Waals surface area contributed by atoms with E-state index in [2.05, 4.69) is 34.6 Å². The summed E-state index contributed by atoms with van der Waals surface area (Å²) in [6.07, 6.45) is 56.7. The Labute approximate surface area is 412 Å². The monoisotopic (exact) mass is 933 g/mol. The number of rotatable bonds is 54. The van der Waals surface area contributed by atoms with Crippen LogP contribution in [0.1, 0.15) is 336 Å². The van der Waals surface area contributed by atoms with Crippen LogP contribution in [0.15, 0.2) is 0 Å². The van der Waals surface area contributed by atoms with Gasteiger partial charge < -0.3 is 14.2 Å². The Morgan fingerprint density at radius 2 is 0.500 bits per heavy atom. The number of ether oxygens (including phenoxy) is 3. The van der Waals surface area contributed by atoms with Crippen molar-refractivity contribution in [2.24, 2.45) is 11.8 Å². The maximum atomic E-state index is 12.8. The van der Waals surface area contributed by atoms with Crippen LogP contribution in [0.5, 0.6) is 0 Å². The van der Waals surface area contributed by atoms with Gasteiger partial charge in [-0.05, 0) is 31.1 Å². The fourth-order valence-corrected chi connectivity index (χ4v) is 9.23. The first-order valence-electron chi connectivity index (χ1n) is 29.7. The first-order valence-corrected chi connectivity index (χ1v) is 29.7. The maximum Gasteiger partial charge on any atom is 0.306 e. The highest BCUT2D eigenvalue weighted by Gasteiger charge is 2.19. The molecule has 0 N–H and O–H groups in total. The van der Waals surface area contributed by atoms with Gasteiger partial charge in [0.2, 0.25) is 0 Å². The molecule has 0 unspecified atom stereocenters. The molecule has 0 amide bonds. The number of esters is 3. The van der Waals surface area contributed by atoms with Gasteiger partial charge in [0.15, 0.2) is 6.10 Å². The molecule has 6 nitrogen and oxygen atoms in total. The minimum absolute atomic E-state index is 0.0625. The van der Waals surface area contributed by atoms with Crippen molar-refractivity contribution >= 4 is 17.9 Å². The minimum Gasteiger partial charge on any atom is -0.462 e. The van der Waals surface area contributed by atoms with Gasteiger partial charge in [-0.1, -0.05) is 298 Å². The number of unbranched alkanes of at least 4 members (excludes halogenated alkanes) is 39. The quantitative estimate of drug-likeness (QED) is 0.0343. The summed E-state index contributed by atoms with van der Waals surface area (Å²) in [6, 6.07) is 0. The van der Waals surface area contributed by atoms with E-state index >= 15 is 0 Å². The Bertz CT molecular complexity index is 1010. The Morgan fingerprint density at radius 1 is 0.288 bits per heavy atom. The molecular weight excluding hydrogens is 817 g/mol. The Hall–Kier alpha value is -1.59. The molecule has 6 heteroatoms. The normalized spacial score (nSPS) is 12.0. The average Bonchev–Trinajstić information content (AvgIpc) is 3.29. The topological polar surface area (TPSA) is 78.9 Å². The van der Waals surface area contributed by atoms with Gasteiger partial charge in [-0.25, -0.2) is 0 Å². The van der Waals surface area contributed by atoms with Crippen molar-refractivity contribution in [3.05, 3.63) is 0 Å². The lowest BCUT2D eigenvalue weighted by Crippen LogP contribution is -2.30. The van der Waals surface area contributed by atoms with E-state index in [4.69, 9.17) is 14.2 Å².